The van der Waals surface area contributed by atoms with Crippen LogP contribution in [0.25, 0.3) is 0 Å². The molecule has 0 saturated carbocycles. The fourth-order valence-corrected chi connectivity index (χ4v) is 3.11. The molecule has 1 amide bonds. The molecule has 120 valence electrons. The molecule has 1 N–H and O–H groups in total. The zero-order valence-electron chi connectivity index (χ0n) is 13.5. The Hall–Kier alpha value is -1.59. The number of nitrogens with zero attached hydrogens (tertiary/aromatic N) is 2. The van der Waals surface area contributed by atoms with Crippen LogP contribution in [-0.4, -0.2) is 54.5 Å². The molecular weight excluding hydrogens is 278 g/mol. The second-order valence-electron chi connectivity index (χ2n) is 6.24. The molecule has 0 spiro atoms. The van der Waals surface area contributed by atoms with Crippen LogP contribution in [0.1, 0.15) is 25.8 Å². The number of hydrogen-bond acceptors (Lipinski definition) is 4. The molecule has 2 aliphatic heterocycles. The number of fused-ring (bicyclic) bond motifs is 1. The van der Waals surface area contributed by atoms with Crippen LogP contribution >= 0.6 is 0 Å². The quantitative estimate of drug-likeness (QED) is 0.923. The number of benzene rings is 1. The first-order chi connectivity index (χ1) is 10.7. The molecule has 5 nitrogen and oxygen atoms in total. The summed E-state index contributed by atoms with van der Waals surface area (Å²) in [4.78, 5) is 16.4. The van der Waals surface area contributed by atoms with E-state index in [1.165, 1.54) is 12.0 Å². The summed E-state index contributed by atoms with van der Waals surface area (Å²) in [5.74, 6) is 0.691. The lowest BCUT2D eigenvalue weighted by molar-refractivity contribution is -0.118. The number of piperazine rings is 1. The molecule has 0 bridgehead atoms. The third kappa shape index (κ3) is 3.42. The Morgan fingerprint density at radius 2 is 2.05 bits per heavy atom. The Morgan fingerprint density at radius 1 is 1.27 bits per heavy atom. The first kappa shape index (κ1) is 15.3. The molecule has 2 heterocycles. The molecular formula is C17H25N3O2. The van der Waals surface area contributed by atoms with Gasteiger partial charge in [0.15, 0.2) is 6.61 Å². The van der Waals surface area contributed by atoms with E-state index in [9.17, 15) is 4.79 Å². The van der Waals surface area contributed by atoms with Crippen molar-refractivity contribution < 1.29 is 9.53 Å². The van der Waals surface area contributed by atoms with E-state index in [2.05, 4.69) is 35.0 Å². The highest BCUT2D eigenvalue weighted by Crippen LogP contribution is 2.29. The van der Waals surface area contributed by atoms with Gasteiger partial charge in [0, 0.05) is 38.8 Å². The van der Waals surface area contributed by atoms with Crippen molar-refractivity contribution in [3.63, 3.8) is 0 Å². The van der Waals surface area contributed by atoms with Crippen molar-refractivity contribution in [1.82, 2.24) is 9.80 Å². The summed E-state index contributed by atoms with van der Waals surface area (Å²) in [5, 5.41) is 2.88. The molecule has 1 fully saturated rings. The van der Waals surface area contributed by atoms with Gasteiger partial charge in [0.1, 0.15) is 5.75 Å². The van der Waals surface area contributed by atoms with Gasteiger partial charge in [0.2, 0.25) is 0 Å². The van der Waals surface area contributed by atoms with E-state index in [1.54, 1.807) is 0 Å². The van der Waals surface area contributed by atoms with Gasteiger partial charge in [0.25, 0.3) is 5.91 Å². The second kappa shape index (κ2) is 6.67. The number of rotatable bonds is 4. The summed E-state index contributed by atoms with van der Waals surface area (Å²) in [6.45, 7) is 10.1. The Balaban J connectivity index is 1.58. The Bertz CT molecular complexity index is 539. The molecule has 0 aromatic heterocycles. The normalized spacial score (nSPS) is 20.9. The molecule has 1 aromatic carbocycles. The highest BCUT2D eigenvalue weighted by Gasteiger charge is 2.21. The Labute approximate surface area is 132 Å². The monoisotopic (exact) mass is 303 g/mol. The number of nitrogens with one attached hydrogen (secondary N) is 1. The summed E-state index contributed by atoms with van der Waals surface area (Å²) in [6, 6.07) is 6.77. The molecule has 1 atom stereocenters. The molecule has 0 radical (unpaired) electrons. The standard InChI is InChI=1S/C17H25N3O2/c1-3-13(2)20-8-6-19(7-9-20)11-14-4-5-16-15(10-14)18-17(21)12-22-16/h4-5,10,13H,3,6-9,11-12H2,1-2H3,(H,18,21). The van der Waals surface area contributed by atoms with Gasteiger partial charge in [-0.3, -0.25) is 14.6 Å². The average molecular weight is 303 g/mol. The van der Waals surface area contributed by atoms with E-state index < -0.39 is 0 Å². The maximum Gasteiger partial charge on any atom is 0.262 e. The molecule has 22 heavy (non-hydrogen) atoms. The smallest absolute Gasteiger partial charge is 0.262 e. The first-order valence-electron chi connectivity index (χ1n) is 8.17. The fourth-order valence-electron chi connectivity index (χ4n) is 3.11. The van der Waals surface area contributed by atoms with Gasteiger partial charge in [-0.25, -0.2) is 0 Å². The number of carbonyl (C=O) groups is 1. The van der Waals surface area contributed by atoms with Crippen molar-refractivity contribution in [2.24, 2.45) is 0 Å². The van der Waals surface area contributed by atoms with Crippen molar-refractivity contribution in [3.05, 3.63) is 23.8 Å². The number of ether oxygens (including phenoxy) is 1. The predicted octanol–water partition coefficient (Wildman–Crippen LogP) is 1.93. The van der Waals surface area contributed by atoms with Crippen LogP contribution in [0.4, 0.5) is 5.69 Å². The minimum Gasteiger partial charge on any atom is -0.482 e. The van der Waals surface area contributed by atoms with Gasteiger partial charge in [-0.05, 0) is 31.0 Å². The molecule has 0 aliphatic carbocycles. The van der Waals surface area contributed by atoms with Crippen molar-refractivity contribution >= 4 is 11.6 Å². The molecule has 3 rings (SSSR count). The fraction of sp³-hybridized carbons (Fsp3) is 0.588. The summed E-state index contributed by atoms with van der Waals surface area (Å²) < 4.78 is 5.40. The van der Waals surface area contributed by atoms with Gasteiger partial charge in [-0.1, -0.05) is 13.0 Å². The zero-order chi connectivity index (χ0) is 15.5. The Kier molecular flexibility index (Phi) is 4.64. The van der Waals surface area contributed by atoms with Gasteiger partial charge in [-0.15, -0.1) is 0 Å². The van der Waals surface area contributed by atoms with Gasteiger partial charge in [-0.2, -0.15) is 0 Å². The minimum atomic E-state index is -0.0770. The lowest BCUT2D eigenvalue weighted by atomic mass is 10.1. The second-order valence-corrected chi connectivity index (χ2v) is 6.24. The average Bonchev–Trinajstić information content (AvgIpc) is 2.54. The molecule has 1 unspecified atom stereocenters. The predicted molar refractivity (Wildman–Crippen MR) is 87.2 cm³/mol. The van der Waals surface area contributed by atoms with Crippen molar-refractivity contribution in [3.8, 4) is 5.75 Å². The SMILES string of the molecule is CCC(C)N1CCN(Cc2ccc3c(c2)NC(=O)CO3)CC1. The van der Waals surface area contributed by atoms with Crippen LogP contribution < -0.4 is 10.1 Å². The summed E-state index contributed by atoms with van der Waals surface area (Å²) in [6.07, 6.45) is 1.21. The van der Waals surface area contributed by atoms with Crippen LogP contribution in [0.2, 0.25) is 0 Å². The lowest BCUT2D eigenvalue weighted by Crippen LogP contribution is -2.48. The number of anilines is 1. The first-order valence-corrected chi connectivity index (χ1v) is 8.17. The summed E-state index contributed by atoms with van der Waals surface area (Å²) in [7, 11) is 0. The maximum atomic E-state index is 11.4. The van der Waals surface area contributed by atoms with Gasteiger partial charge < -0.3 is 10.1 Å². The van der Waals surface area contributed by atoms with E-state index in [1.807, 2.05) is 12.1 Å². The molecule has 5 heteroatoms. The van der Waals surface area contributed by atoms with Crippen LogP contribution in [0.5, 0.6) is 5.75 Å². The zero-order valence-corrected chi connectivity index (χ0v) is 13.5. The number of amides is 1. The third-order valence-electron chi connectivity index (χ3n) is 4.70. The number of hydrogen-bond donors (Lipinski definition) is 1. The molecule has 2 aliphatic rings. The van der Waals surface area contributed by atoms with Gasteiger partial charge >= 0.3 is 0 Å². The van der Waals surface area contributed by atoms with E-state index >= 15 is 0 Å². The van der Waals surface area contributed by atoms with E-state index in [-0.39, 0.29) is 12.5 Å². The van der Waals surface area contributed by atoms with Crippen LogP contribution in [0.15, 0.2) is 18.2 Å². The largest absolute Gasteiger partial charge is 0.482 e. The topological polar surface area (TPSA) is 44.8 Å². The Morgan fingerprint density at radius 3 is 2.77 bits per heavy atom. The van der Waals surface area contributed by atoms with Gasteiger partial charge in [0.05, 0.1) is 5.69 Å². The summed E-state index contributed by atoms with van der Waals surface area (Å²) in [5.41, 5.74) is 2.02. The maximum absolute atomic E-state index is 11.4. The minimum absolute atomic E-state index is 0.0770. The molecule has 1 aromatic rings. The van der Waals surface area contributed by atoms with Crippen molar-refractivity contribution in [2.45, 2.75) is 32.9 Å². The van der Waals surface area contributed by atoms with E-state index in [0.29, 0.717) is 6.04 Å². The van der Waals surface area contributed by atoms with E-state index in [0.717, 1.165) is 44.2 Å². The van der Waals surface area contributed by atoms with Crippen LogP contribution in [0, 0.1) is 0 Å². The molecule has 1 saturated heterocycles. The van der Waals surface area contributed by atoms with Crippen LogP contribution in [0.3, 0.4) is 0 Å². The highest BCUT2D eigenvalue weighted by molar-refractivity contribution is 5.95. The highest BCUT2D eigenvalue weighted by atomic mass is 16.5. The lowest BCUT2D eigenvalue weighted by Gasteiger charge is -2.38. The van der Waals surface area contributed by atoms with Crippen molar-refractivity contribution in [1.29, 1.82) is 0 Å². The number of carbonyl (C=O) groups excluding carboxylic acids is 1. The third-order valence-corrected chi connectivity index (χ3v) is 4.70. The van der Waals surface area contributed by atoms with Crippen LogP contribution in [-0.2, 0) is 11.3 Å². The van der Waals surface area contributed by atoms with E-state index in [4.69, 9.17) is 4.74 Å². The van der Waals surface area contributed by atoms with Crippen molar-refractivity contribution in [2.75, 3.05) is 38.1 Å². The summed E-state index contributed by atoms with van der Waals surface area (Å²) >= 11 is 0.